The van der Waals surface area contributed by atoms with Crippen LogP contribution in [0, 0.1) is 41.5 Å². The van der Waals surface area contributed by atoms with E-state index >= 15 is 0 Å². The van der Waals surface area contributed by atoms with E-state index in [-0.39, 0.29) is 6.54 Å². The molecule has 34 heavy (non-hydrogen) atoms. The van der Waals surface area contributed by atoms with Gasteiger partial charge in [0.2, 0.25) is 10.0 Å². The van der Waals surface area contributed by atoms with Crippen LogP contribution in [0.15, 0.2) is 47.6 Å². The van der Waals surface area contributed by atoms with Gasteiger partial charge in [0.05, 0.1) is 18.2 Å². The van der Waals surface area contributed by atoms with Gasteiger partial charge >= 0.3 is 0 Å². The van der Waals surface area contributed by atoms with Crippen LogP contribution in [0.2, 0.25) is 0 Å². The second-order valence-electron chi connectivity index (χ2n) is 8.86. The number of nitrogens with one attached hydrogen (secondary N) is 1. The minimum Gasteiger partial charge on any atom is -0.318 e. The van der Waals surface area contributed by atoms with E-state index < -0.39 is 15.9 Å². The Balaban J connectivity index is 1.78. The fraction of sp³-hybridized carbons (Fsp3) is 0.308. The SMILES string of the molecule is Cc1cc(C)cc(-n2c(C)cc(/C=N\NC(=O)CN(c3ccc(C)cc3C)S(C)(=O)=O)c2C)c1. The van der Waals surface area contributed by atoms with E-state index in [4.69, 9.17) is 0 Å². The van der Waals surface area contributed by atoms with Gasteiger partial charge < -0.3 is 4.57 Å². The highest BCUT2D eigenvalue weighted by molar-refractivity contribution is 7.92. The summed E-state index contributed by atoms with van der Waals surface area (Å²) in [6, 6.07) is 13.8. The Morgan fingerprint density at radius 2 is 1.62 bits per heavy atom. The Kier molecular flexibility index (Phi) is 7.31. The van der Waals surface area contributed by atoms with Gasteiger partial charge in [0, 0.05) is 22.6 Å². The smallest absolute Gasteiger partial charge is 0.260 e. The molecule has 0 atom stereocenters. The number of hydrogen-bond acceptors (Lipinski definition) is 4. The number of anilines is 1. The number of carbonyl (C=O) groups excluding carboxylic acids is 1. The van der Waals surface area contributed by atoms with Crippen LogP contribution in [0.25, 0.3) is 5.69 Å². The van der Waals surface area contributed by atoms with Crippen molar-refractivity contribution in [2.75, 3.05) is 17.1 Å². The predicted octanol–water partition coefficient (Wildman–Crippen LogP) is 4.24. The zero-order valence-corrected chi connectivity index (χ0v) is 21.6. The van der Waals surface area contributed by atoms with Gasteiger partial charge in [-0.3, -0.25) is 9.10 Å². The first-order valence-electron chi connectivity index (χ1n) is 11.0. The lowest BCUT2D eigenvalue weighted by atomic mass is 10.1. The zero-order valence-electron chi connectivity index (χ0n) is 20.8. The quantitative estimate of drug-likeness (QED) is 0.405. The fourth-order valence-electron chi connectivity index (χ4n) is 4.20. The largest absolute Gasteiger partial charge is 0.318 e. The van der Waals surface area contributed by atoms with Crippen molar-refractivity contribution < 1.29 is 13.2 Å². The van der Waals surface area contributed by atoms with Gasteiger partial charge in [-0.05, 0) is 82.5 Å². The Bertz CT molecular complexity index is 1350. The van der Waals surface area contributed by atoms with Crippen LogP contribution in [0.3, 0.4) is 0 Å². The molecule has 0 spiro atoms. The van der Waals surface area contributed by atoms with Gasteiger partial charge in [0.25, 0.3) is 5.91 Å². The lowest BCUT2D eigenvalue weighted by Gasteiger charge is -2.23. The summed E-state index contributed by atoms with van der Waals surface area (Å²) in [4.78, 5) is 12.6. The molecule has 0 fully saturated rings. The van der Waals surface area contributed by atoms with E-state index in [2.05, 4.69) is 47.1 Å². The maximum absolute atomic E-state index is 12.6. The van der Waals surface area contributed by atoms with Crippen molar-refractivity contribution >= 4 is 27.8 Å². The molecule has 1 heterocycles. The highest BCUT2D eigenvalue weighted by atomic mass is 32.2. The molecule has 3 aromatic rings. The summed E-state index contributed by atoms with van der Waals surface area (Å²) in [5, 5.41) is 4.09. The molecule has 180 valence electrons. The van der Waals surface area contributed by atoms with Gasteiger partial charge in [-0.15, -0.1) is 0 Å². The molecular formula is C26H32N4O3S. The first kappa shape index (κ1) is 25.2. The molecule has 0 unspecified atom stereocenters. The molecule has 0 saturated carbocycles. The lowest BCUT2D eigenvalue weighted by Crippen LogP contribution is -2.39. The van der Waals surface area contributed by atoms with Crippen molar-refractivity contribution in [1.82, 2.24) is 9.99 Å². The molecule has 0 bridgehead atoms. The van der Waals surface area contributed by atoms with Crippen molar-refractivity contribution in [1.29, 1.82) is 0 Å². The summed E-state index contributed by atoms with van der Waals surface area (Å²) >= 11 is 0. The summed E-state index contributed by atoms with van der Waals surface area (Å²) in [6.07, 6.45) is 2.67. The monoisotopic (exact) mass is 480 g/mol. The average Bonchev–Trinajstić information content (AvgIpc) is 2.98. The van der Waals surface area contributed by atoms with Crippen molar-refractivity contribution in [3.8, 4) is 5.69 Å². The van der Waals surface area contributed by atoms with Crippen molar-refractivity contribution in [3.63, 3.8) is 0 Å². The Morgan fingerprint density at radius 3 is 2.21 bits per heavy atom. The van der Waals surface area contributed by atoms with Gasteiger partial charge in [-0.1, -0.05) is 23.8 Å². The van der Waals surface area contributed by atoms with Crippen molar-refractivity contribution in [2.45, 2.75) is 41.5 Å². The molecule has 1 N–H and O–H groups in total. The maximum Gasteiger partial charge on any atom is 0.260 e. The molecule has 1 amide bonds. The highest BCUT2D eigenvalue weighted by Gasteiger charge is 2.22. The maximum atomic E-state index is 12.6. The molecule has 3 rings (SSSR count). The van der Waals surface area contributed by atoms with Gasteiger partial charge in [0.1, 0.15) is 6.54 Å². The van der Waals surface area contributed by atoms with E-state index in [9.17, 15) is 13.2 Å². The minimum atomic E-state index is -3.66. The average molecular weight is 481 g/mol. The number of rotatable bonds is 7. The molecule has 8 heteroatoms. The standard InChI is InChI=1S/C26H32N4O3S/c1-17-8-9-25(20(4)11-17)29(34(7,32)33)16-26(31)28-27-15-23-14-21(5)30(22(23)6)24-12-18(2)10-19(3)13-24/h8-15H,16H2,1-7H3,(H,28,31)/b27-15-. The van der Waals surface area contributed by atoms with Crippen LogP contribution in [-0.4, -0.2) is 37.9 Å². The Morgan fingerprint density at radius 1 is 0.971 bits per heavy atom. The number of aryl methyl sites for hydroxylation is 5. The topological polar surface area (TPSA) is 83.8 Å². The normalized spacial score (nSPS) is 11.7. The van der Waals surface area contributed by atoms with E-state index in [0.717, 1.165) is 44.3 Å². The summed E-state index contributed by atoms with van der Waals surface area (Å²) in [6.45, 7) is 11.6. The van der Waals surface area contributed by atoms with Crippen LogP contribution in [0.4, 0.5) is 5.69 Å². The van der Waals surface area contributed by atoms with Crippen LogP contribution in [0.5, 0.6) is 0 Å². The number of aromatic nitrogens is 1. The number of carbonyl (C=O) groups is 1. The van der Waals surface area contributed by atoms with E-state index in [1.807, 2.05) is 45.9 Å². The summed E-state index contributed by atoms with van der Waals surface area (Å²) in [5.74, 6) is -0.523. The first-order valence-corrected chi connectivity index (χ1v) is 12.9. The minimum absolute atomic E-state index is 0.359. The molecule has 0 saturated heterocycles. The Hall–Kier alpha value is -3.39. The van der Waals surface area contributed by atoms with Crippen LogP contribution in [-0.2, 0) is 14.8 Å². The molecule has 2 aromatic carbocycles. The third-order valence-electron chi connectivity index (χ3n) is 5.64. The molecule has 0 aliphatic rings. The zero-order chi connectivity index (χ0) is 25.2. The number of amides is 1. The number of hydrogen-bond donors (Lipinski definition) is 1. The van der Waals surface area contributed by atoms with Crippen molar-refractivity contribution in [2.24, 2.45) is 5.10 Å². The second kappa shape index (κ2) is 9.85. The molecule has 0 aliphatic heterocycles. The summed E-state index contributed by atoms with van der Waals surface area (Å²) in [7, 11) is -3.66. The highest BCUT2D eigenvalue weighted by Crippen LogP contribution is 2.24. The third-order valence-corrected chi connectivity index (χ3v) is 6.76. The van der Waals surface area contributed by atoms with Crippen LogP contribution < -0.4 is 9.73 Å². The van der Waals surface area contributed by atoms with Crippen LogP contribution in [0.1, 0.15) is 39.2 Å². The Labute approximate surface area is 202 Å². The second-order valence-corrected chi connectivity index (χ2v) is 10.8. The van der Waals surface area contributed by atoms with Crippen molar-refractivity contribution in [3.05, 3.63) is 81.7 Å². The van der Waals surface area contributed by atoms with E-state index in [0.29, 0.717) is 5.69 Å². The van der Waals surface area contributed by atoms with Crippen LogP contribution >= 0.6 is 0 Å². The number of sulfonamides is 1. The van der Waals surface area contributed by atoms with Gasteiger partial charge in [0.15, 0.2) is 0 Å². The molecule has 7 nitrogen and oxygen atoms in total. The summed E-state index contributed by atoms with van der Waals surface area (Å²) < 4.78 is 28.0. The molecular weight excluding hydrogens is 448 g/mol. The molecule has 0 aliphatic carbocycles. The fourth-order valence-corrected chi connectivity index (χ4v) is 5.12. The number of benzene rings is 2. The van der Waals surface area contributed by atoms with Gasteiger partial charge in [-0.25, -0.2) is 13.8 Å². The predicted molar refractivity (Wildman–Crippen MR) is 139 cm³/mol. The van der Waals surface area contributed by atoms with E-state index in [1.165, 1.54) is 11.1 Å². The number of hydrazone groups is 1. The third kappa shape index (κ3) is 5.75. The summed E-state index contributed by atoms with van der Waals surface area (Å²) in [5.41, 5.74) is 11.1. The molecule has 1 aromatic heterocycles. The van der Waals surface area contributed by atoms with E-state index in [1.54, 1.807) is 12.3 Å². The number of nitrogens with zero attached hydrogens (tertiary/aromatic N) is 3. The lowest BCUT2D eigenvalue weighted by molar-refractivity contribution is -0.119. The first-order chi connectivity index (χ1) is 15.9. The molecule has 0 radical (unpaired) electrons. The van der Waals surface area contributed by atoms with Gasteiger partial charge in [-0.2, -0.15) is 5.10 Å².